The molecule has 3 N–H and O–H groups in total. The Kier molecular flexibility index (Phi) is 5.55. The minimum absolute atomic E-state index is 0.617. The van der Waals surface area contributed by atoms with Crippen LogP contribution in [0.25, 0.3) is 11.0 Å². The highest BCUT2D eigenvalue weighted by molar-refractivity contribution is 5.86. The van der Waals surface area contributed by atoms with E-state index >= 15 is 0 Å². The van der Waals surface area contributed by atoms with Gasteiger partial charge < -0.3 is 15.4 Å². The van der Waals surface area contributed by atoms with Crippen LogP contribution in [0.15, 0.2) is 6.20 Å². The van der Waals surface area contributed by atoms with Crippen molar-refractivity contribution in [1.82, 2.24) is 20.2 Å². The lowest BCUT2D eigenvalue weighted by Gasteiger charge is -2.08. The maximum Gasteiger partial charge on any atom is 0.226 e. The van der Waals surface area contributed by atoms with Crippen molar-refractivity contribution in [3.63, 3.8) is 0 Å². The van der Waals surface area contributed by atoms with Crippen LogP contribution in [-0.4, -0.2) is 47.0 Å². The smallest absolute Gasteiger partial charge is 0.226 e. The lowest BCUT2D eigenvalue weighted by molar-refractivity contribution is 0.192. The molecular formula is C13H22N6O. The van der Waals surface area contributed by atoms with Gasteiger partial charge in [0, 0.05) is 26.8 Å². The number of hydrogen-bond donors (Lipinski definition) is 3. The molecule has 2 aromatic heterocycles. The van der Waals surface area contributed by atoms with E-state index in [-0.39, 0.29) is 0 Å². The number of anilines is 2. The van der Waals surface area contributed by atoms with Gasteiger partial charge in [-0.2, -0.15) is 15.1 Å². The molecule has 0 aliphatic carbocycles. The summed E-state index contributed by atoms with van der Waals surface area (Å²) in [5.41, 5.74) is 0.748. The highest BCUT2D eigenvalue weighted by Crippen LogP contribution is 2.19. The summed E-state index contributed by atoms with van der Waals surface area (Å²) in [6.07, 6.45) is 5.06. The van der Waals surface area contributed by atoms with Crippen LogP contribution in [0.1, 0.15) is 26.2 Å². The molecule has 0 bridgehead atoms. The average Bonchev–Trinajstić information content (AvgIpc) is 2.91. The predicted octanol–water partition coefficient (Wildman–Crippen LogP) is 2.01. The van der Waals surface area contributed by atoms with Gasteiger partial charge in [-0.25, -0.2) is 0 Å². The van der Waals surface area contributed by atoms with Gasteiger partial charge in [0.15, 0.2) is 5.65 Å². The summed E-state index contributed by atoms with van der Waals surface area (Å²) in [5, 5.41) is 14.3. The first-order valence-electron chi connectivity index (χ1n) is 7.03. The normalized spacial score (nSPS) is 10.9. The van der Waals surface area contributed by atoms with Gasteiger partial charge >= 0.3 is 0 Å². The minimum atomic E-state index is 0.617. The van der Waals surface area contributed by atoms with E-state index in [0.29, 0.717) is 5.95 Å². The Morgan fingerprint density at radius 2 is 2.10 bits per heavy atom. The van der Waals surface area contributed by atoms with E-state index < -0.39 is 0 Å². The van der Waals surface area contributed by atoms with Crippen molar-refractivity contribution in [3.05, 3.63) is 6.20 Å². The van der Waals surface area contributed by atoms with Crippen LogP contribution in [0.2, 0.25) is 0 Å². The molecule has 0 saturated carbocycles. The molecule has 7 heteroatoms. The second-order valence-electron chi connectivity index (χ2n) is 4.54. The molecule has 20 heavy (non-hydrogen) atoms. The maximum atomic E-state index is 5.03. The van der Waals surface area contributed by atoms with Crippen LogP contribution < -0.4 is 10.6 Å². The van der Waals surface area contributed by atoms with Gasteiger partial charge in [-0.05, 0) is 26.2 Å². The second-order valence-corrected chi connectivity index (χ2v) is 4.54. The Labute approximate surface area is 118 Å². The molecule has 0 aliphatic rings. The van der Waals surface area contributed by atoms with E-state index in [1.807, 2.05) is 6.92 Å². The Hall–Kier alpha value is -1.89. The number of aromatic amines is 1. The van der Waals surface area contributed by atoms with Crippen molar-refractivity contribution < 1.29 is 4.74 Å². The summed E-state index contributed by atoms with van der Waals surface area (Å²) in [7, 11) is 1.73. The van der Waals surface area contributed by atoms with E-state index in [9.17, 15) is 0 Å². The third-order valence-electron chi connectivity index (χ3n) is 2.96. The van der Waals surface area contributed by atoms with Gasteiger partial charge in [-0.1, -0.05) is 0 Å². The van der Waals surface area contributed by atoms with Crippen LogP contribution in [0, 0.1) is 0 Å². The van der Waals surface area contributed by atoms with Crippen LogP contribution in [0.5, 0.6) is 0 Å². The highest BCUT2D eigenvalue weighted by Gasteiger charge is 2.08. The first kappa shape index (κ1) is 14.5. The number of ether oxygens (including phenoxy) is 1. The number of hydrogen-bond acceptors (Lipinski definition) is 6. The number of unbranched alkanes of at least 4 members (excludes halogenated alkanes) is 2. The Morgan fingerprint density at radius 1 is 1.20 bits per heavy atom. The summed E-state index contributed by atoms with van der Waals surface area (Å²) in [4.78, 5) is 8.84. The lowest BCUT2D eigenvalue weighted by Crippen LogP contribution is -2.08. The largest absolute Gasteiger partial charge is 0.385 e. The van der Waals surface area contributed by atoms with Gasteiger partial charge in [0.2, 0.25) is 5.95 Å². The molecule has 0 radical (unpaired) electrons. The van der Waals surface area contributed by atoms with E-state index in [2.05, 4.69) is 30.8 Å². The molecule has 0 unspecified atom stereocenters. The van der Waals surface area contributed by atoms with Gasteiger partial charge in [0.1, 0.15) is 5.82 Å². The molecule has 0 aliphatic heterocycles. The summed E-state index contributed by atoms with van der Waals surface area (Å²) in [5.74, 6) is 1.44. The number of rotatable bonds is 9. The van der Waals surface area contributed by atoms with E-state index in [0.717, 1.165) is 55.8 Å². The van der Waals surface area contributed by atoms with Gasteiger partial charge in [0.25, 0.3) is 0 Å². The molecule has 2 heterocycles. The van der Waals surface area contributed by atoms with Crippen LogP contribution in [0.4, 0.5) is 11.8 Å². The summed E-state index contributed by atoms with van der Waals surface area (Å²) in [6.45, 7) is 4.51. The Bertz CT molecular complexity index is 527. The summed E-state index contributed by atoms with van der Waals surface area (Å²) >= 11 is 0. The van der Waals surface area contributed by atoms with Gasteiger partial charge in [0.05, 0.1) is 11.6 Å². The third kappa shape index (κ3) is 3.80. The van der Waals surface area contributed by atoms with Crippen molar-refractivity contribution in [1.29, 1.82) is 0 Å². The van der Waals surface area contributed by atoms with Crippen molar-refractivity contribution in [2.75, 3.05) is 37.4 Å². The maximum absolute atomic E-state index is 5.03. The number of methoxy groups -OCH3 is 1. The van der Waals surface area contributed by atoms with Crippen molar-refractivity contribution >= 4 is 22.8 Å². The lowest BCUT2D eigenvalue weighted by atomic mass is 10.2. The van der Waals surface area contributed by atoms with Gasteiger partial charge in [-0.3, -0.25) is 5.10 Å². The molecule has 0 aromatic carbocycles. The molecule has 0 amide bonds. The number of H-pyrrole nitrogens is 1. The molecular weight excluding hydrogens is 256 g/mol. The fourth-order valence-corrected chi connectivity index (χ4v) is 1.96. The second kappa shape index (κ2) is 7.64. The number of nitrogens with one attached hydrogen (secondary N) is 3. The zero-order valence-electron chi connectivity index (χ0n) is 12.1. The Morgan fingerprint density at radius 3 is 2.90 bits per heavy atom. The van der Waals surface area contributed by atoms with Crippen molar-refractivity contribution in [2.45, 2.75) is 26.2 Å². The molecule has 0 fully saturated rings. The topological polar surface area (TPSA) is 87.8 Å². The first-order chi connectivity index (χ1) is 9.85. The standard InChI is InChI=1S/C13H22N6O/c1-3-14-13-17-11(10-9-16-19-12(10)18-13)15-7-5-4-6-8-20-2/h9H,3-8H2,1-2H3,(H3,14,15,16,17,18,19). The third-order valence-corrected chi connectivity index (χ3v) is 2.96. The molecule has 0 spiro atoms. The Balaban J connectivity index is 1.95. The van der Waals surface area contributed by atoms with Crippen molar-refractivity contribution in [2.24, 2.45) is 0 Å². The average molecular weight is 278 g/mol. The molecule has 0 atom stereocenters. The zero-order valence-corrected chi connectivity index (χ0v) is 12.1. The number of nitrogens with zero attached hydrogens (tertiary/aromatic N) is 3. The van der Waals surface area contributed by atoms with E-state index in [4.69, 9.17) is 4.74 Å². The van der Waals surface area contributed by atoms with E-state index in [1.54, 1.807) is 13.3 Å². The number of fused-ring (bicyclic) bond motifs is 1. The molecule has 110 valence electrons. The highest BCUT2D eigenvalue weighted by atomic mass is 16.5. The fraction of sp³-hybridized carbons (Fsp3) is 0.615. The van der Waals surface area contributed by atoms with Gasteiger partial charge in [-0.15, -0.1) is 0 Å². The number of aromatic nitrogens is 4. The quantitative estimate of drug-likeness (QED) is 0.608. The SMILES string of the molecule is CCNc1nc(NCCCCCOC)c2cn[nH]c2n1. The minimum Gasteiger partial charge on any atom is -0.385 e. The molecule has 2 rings (SSSR count). The molecule has 7 nitrogen and oxygen atoms in total. The van der Waals surface area contributed by atoms with Crippen LogP contribution in [-0.2, 0) is 4.74 Å². The van der Waals surface area contributed by atoms with Crippen LogP contribution in [0.3, 0.4) is 0 Å². The van der Waals surface area contributed by atoms with E-state index in [1.165, 1.54) is 0 Å². The van der Waals surface area contributed by atoms with Crippen LogP contribution >= 0.6 is 0 Å². The molecule has 0 saturated heterocycles. The van der Waals surface area contributed by atoms with Crippen molar-refractivity contribution in [3.8, 4) is 0 Å². The first-order valence-corrected chi connectivity index (χ1v) is 7.03. The summed E-state index contributed by atoms with van der Waals surface area (Å²) < 4.78 is 5.03. The molecule has 2 aromatic rings. The summed E-state index contributed by atoms with van der Waals surface area (Å²) in [6, 6.07) is 0. The fourth-order valence-electron chi connectivity index (χ4n) is 1.96. The monoisotopic (exact) mass is 278 g/mol. The zero-order chi connectivity index (χ0) is 14.2. The predicted molar refractivity (Wildman–Crippen MR) is 80.1 cm³/mol.